The maximum absolute atomic E-state index is 14.5. The number of amides is 1. The standard InChI is InChI=1S/C21H14F2N6O3S/c1-12-25-26-27-28(12)13-6-8-16(22)18(11-13)24-21(30)15-10-14(29(31)32)7-9-19(15)33-20-5-3-2-4-17(20)23/h2-11H,1H3,(H,24,30). The Bertz CT molecular complexity index is 1380. The zero-order valence-corrected chi connectivity index (χ0v) is 17.7. The number of hydrogen-bond acceptors (Lipinski definition) is 7. The van der Waals surface area contributed by atoms with Crippen LogP contribution in [0.2, 0.25) is 0 Å². The van der Waals surface area contributed by atoms with Gasteiger partial charge in [0.05, 0.1) is 21.9 Å². The molecule has 0 aliphatic rings. The fourth-order valence-corrected chi connectivity index (χ4v) is 3.89. The van der Waals surface area contributed by atoms with Crippen LogP contribution in [0, 0.1) is 28.7 Å². The largest absolute Gasteiger partial charge is 0.319 e. The van der Waals surface area contributed by atoms with Crippen molar-refractivity contribution < 1.29 is 18.5 Å². The van der Waals surface area contributed by atoms with Gasteiger partial charge in [0.25, 0.3) is 11.6 Å². The van der Waals surface area contributed by atoms with Crippen LogP contribution in [0.25, 0.3) is 5.69 Å². The summed E-state index contributed by atoms with van der Waals surface area (Å²) in [5.74, 6) is -1.60. The second-order valence-electron chi connectivity index (χ2n) is 6.73. The third-order valence-electron chi connectivity index (χ3n) is 4.54. The van der Waals surface area contributed by atoms with Gasteiger partial charge in [0, 0.05) is 21.9 Å². The molecule has 12 heteroatoms. The Kier molecular flexibility index (Phi) is 6.09. The van der Waals surface area contributed by atoms with E-state index in [1.807, 2.05) is 0 Å². The molecule has 4 rings (SSSR count). The highest BCUT2D eigenvalue weighted by Gasteiger charge is 2.20. The van der Waals surface area contributed by atoms with Gasteiger partial charge in [-0.1, -0.05) is 23.9 Å². The molecule has 0 atom stereocenters. The highest BCUT2D eigenvalue weighted by atomic mass is 32.2. The van der Waals surface area contributed by atoms with Gasteiger partial charge in [-0.25, -0.2) is 8.78 Å². The number of nitrogens with zero attached hydrogens (tertiary/aromatic N) is 5. The van der Waals surface area contributed by atoms with Crippen LogP contribution in [-0.4, -0.2) is 31.0 Å². The first-order chi connectivity index (χ1) is 15.8. The van der Waals surface area contributed by atoms with Crippen LogP contribution in [0.1, 0.15) is 16.2 Å². The van der Waals surface area contributed by atoms with Crippen molar-refractivity contribution in [3.05, 3.63) is 93.8 Å². The molecule has 9 nitrogen and oxygen atoms in total. The summed E-state index contributed by atoms with van der Waals surface area (Å²) in [6.45, 7) is 1.65. The Morgan fingerprint density at radius 1 is 1.06 bits per heavy atom. The summed E-state index contributed by atoms with van der Waals surface area (Å²) < 4.78 is 29.9. The molecule has 0 unspecified atom stereocenters. The molecule has 1 aromatic heterocycles. The maximum atomic E-state index is 14.5. The molecule has 0 aliphatic heterocycles. The van der Waals surface area contributed by atoms with E-state index in [-0.39, 0.29) is 26.7 Å². The van der Waals surface area contributed by atoms with Gasteiger partial charge >= 0.3 is 0 Å². The van der Waals surface area contributed by atoms with E-state index in [1.54, 1.807) is 13.0 Å². The molecule has 3 aromatic carbocycles. The van der Waals surface area contributed by atoms with Gasteiger partial charge in [0.2, 0.25) is 0 Å². The summed E-state index contributed by atoms with van der Waals surface area (Å²) >= 11 is 0.925. The van der Waals surface area contributed by atoms with Crippen LogP contribution < -0.4 is 5.32 Å². The van der Waals surface area contributed by atoms with Crippen molar-refractivity contribution in [3.8, 4) is 5.69 Å². The lowest BCUT2D eigenvalue weighted by Crippen LogP contribution is -2.15. The molecular formula is C21H14F2N6O3S. The predicted octanol–water partition coefficient (Wildman–Crippen LogP) is 4.56. The topological polar surface area (TPSA) is 116 Å². The Morgan fingerprint density at radius 3 is 2.55 bits per heavy atom. The lowest BCUT2D eigenvalue weighted by molar-refractivity contribution is -0.384. The molecule has 166 valence electrons. The third kappa shape index (κ3) is 4.70. The van der Waals surface area contributed by atoms with E-state index in [9.17, 15) is 23.7 Å². The molecule has 4 aromatic rings. The molecule has 0 radical (unpaired) electrons. The van der Waals surface area contributed by atoms with Crippen molar-refractivity contribution in [2.45, 2.75) is 16.7 Å². The number of hydrogen-bond donors (Lipinski definition) is 1. The molecule has 1 heterocycles. The lowest BCUT2D eigenvalue weighted by Gasteiger charge is -2.12. The molecule has 0 saturated carbocycles. The minimum Gasteiger partial charge on any atom is -0.319 e. The van der Waals surface area contributed by atoms with Gasteiger partial charge < -0.3 is 5.32 Å². The van der Waals surface area contributed by atoms with E-state index >= 15 is 0 Å². The van der Waals surface area contributed by atoms with Gasteiger partial charge in [-0.15, -0.1) is 5.10 Å². The minimum atomic E-state index is -0.804. The summed E-state index contributed by atoms with van der Waals surface area (Å²) in [5, 5.41) is 24.8. The number of non-ortho nitro benzene ring substituents is 1. The summed E-state index contributed by atoms with van der Waals surface area (Å²) in [6.07, 6.45) is 0. The SMILES string of the molecule is Cc1nnnn1-c1ccc(F)c(NC(=O)c2cc([N+](=O)[O-])ccc2Sc2ccccc2F)c1. The van der Waals surface area contributed by atoms with Crippen LogP contribution in [0.5, 0.6) is 0 Å². The number of nitro groups is 1. The van der Waals surface area contributed by atoms with Crippen molar-refractivity contribution in [2.75, 3.05) is 5.32 Å². The van der Waals surface area contributed by atoms with Crippen LogP contribution >= 0.6 is 11.8 Å². The van der Waals surface area contributed by atoms with Crippen molar-refractivity contribution in [1.29, 1.82) is 0 Å². The molecule has 1 amide bonds. The first kappa shape index (κ1) is 22.0. The number of anilines is 1. The number of aryl methyl sites for hydroxylation is 1. The van der Waals surface area contributed by atoms with Gasteiger partial charge in [-0.2, -0.15) is 4.68 Å². The molecule has 0 bridgehead atoms. The number of halogens is 2. The van der Waals surface area contributed by atoms with Crippen molar-refractivity contribution in [1.82, 2.24) is 20.2 Å². The van der Waals surface area contributed by atoms with E-state index in [0.29, 0.717) is 11.5 Å². The normalized spacial score (nSPS) is 10.8. The number of nitro benzene ring substituents is 1. The first-order valence-corrected chi connectivity index (χ1v) is 10.2. The Morgan fingerprint density at radius 2 is 1.85 bits per heavy atom. The van der Waals surface area contributed by atoms with Crippen LogP contribution in [0.4, 0.5) is 20.2 Å². The van der Waals surface area contributed by atoms with Crippen LogP contribution in [0.15, 0.2) is 70.5 Å². The molecule has 0 fully saturated rings. The molecule has 33 heavy (non-hydrogen) atoms. The number of carbonyl (C=O) groups excluding carboxylic acids is 1. The van der Waals surface area contributed by atoms with Gasteiger partial charge in [-0.05, 0) is 53.7 Å². The monoisotopic (exact) mass is 468 g/mol. The predicted molar refractivity (Wildman–Crippen MR) is 115 cm³/mol. The third-order valence-corrected chi connectivity index (χ3v) is 5.67. The number of rotatable bonds is 6. The maximum Gasteiger partial charge on any atom is 0.270 e. The summed E-state index contributed by atoms with van der Waals surface area (Å²) in [5.41, 5.74) is -0.229. The highest BCUT2D eigenvalue weighted by Crippen LogP contribution is 2.34. The zero-order valence-electron chi connectivity index (χ0n) is 16.9. The average molecular weight is 468 g/mol. The van der Waals surface area contributed by atoms with Crippen molar-refractivity contribution >= 4 is 29.0 Å². The fraction of sp³-hybridized carbons (Fsp3) is 0.0476. The summed E-state index contributed by atoms with van der Waals surface area (Å²) in [6, 6.07) is 13.4. The Labute approximate surface area is 189 Å². The quantitative estimate of drug-likeness (QED) is 0.326. The van der Waals surface area contributed by atoms with Crippen molar-refractivity contribution in [3.63, 3.8) is 0 Å². The summed E-state index contributed by atoms with van der Waals surface area (Å²) in [4.78, 5) is 24.1. The molecule has 0 spiro atoms. The molecule has 0 saturated heterocycles. The highest BCUT2D eigenvalue weighted by molar-refractivity contribution is 7.99. The first-order valence-electron chi connectivity index (χ1n) is 9.40. The Balaban J connectivity index is 1.70. The number of tetrazole rings is 1. The minimum absolute atomic E-state index is 0.110. The van der Waals surface area contributed by atoms with E-state index < -0.39 is 22.5 Å². The molecular weight excluding hydrogens is 454 g/mol. The van der Waals surface area contributed by atoms with Gasteiger partial charge in [0.15, 0.2) is 5.82 Å². The van der Waals surface area contributed by atoms with Gasteiger partial charge in [-0.3, -0.25) is 14.9 Å². The van der Waals surface area contributed by atoms with Crippen molar-refractivity contribution in [2.24, 2.45) is 0 Å². The smallest absolute Gasteiger partial charge is 0.270 e. The van der Waals surface area contributed by atoms with Gasteiger partial charge in [0.1, 0.15) is 11.6 Å². The molecule has 1 N–H and O–H groups in total. The number of benzene rings is 3. The van der Waals surface area contributed by atoms with Crippen LogP contribution in [0.3, 0.4) is 0 Å². The van der Waals surface area contributed by atoms with Crippen LogP contribution in [-0.2, 0) is 0 Å². The fourth-order valence-electron chi connectivity index (χ4n) is 2.94. The second kappa shape index (κ2) is 9.12. The average Bonchev–Trinajstić information content (AvgIpc) is 3.22. The lowest BCUT2D eigenvalue weighted by atomic mass is 10.1. The van der Waals surface area contributed by atoms with E-state index in [4.69, 9.17) is 0 Å². The Hall–Kier alpha value is -4.19. The van der Waals surface area contributed by atoms with E-state index in [2.05, 4.69) is 20.8 Å². The summed E-state index contributed by atoms with van der Waals surface area (Å²) in [7, 11) is 0. The second-order valence-corrected chi connectivity index (χ2v) is 7.81. The zero-order chi connectivity index (χ0) is 23.5. The number of aromatic nitrogens is 4. The van der Waals surface area contributed by atoms with E-state index in [1.165, 1.54) is 47.1 Å². The number of carbonyl (C=O) groups is 1. The number of nitrogens with one attached hydrogen (secondary N) is 1. The molecule has 0 aliphatic carbocycles. The van der Waals surface area contributed by atoms with E-state index in [0.717, 1.165) is 23.9 Å².